The van der Waals surface area contributed by atoms with Crippen LogP contribution in [0.3, 0.4) is 0 Å². The molecular formula is C53H102N2O5. The summed E-state index contributed by atoms with van der Waals surface area (Å²) in [4.78, 5) is 36.6. The molecule has 0 aromatic carbocycles. The van der Waals surface area contributed by atoms with Crippen LogP contribution in [0, 0.1) is 0 Å². The fourth-order valence-electron chi connectivity index (χ4n) is 8.33. The number of amides is 1. The number of esters is 1. The van der Waals surface area contributed by atoms with Crippen LogP contribution in [0.4, 0.5) is 0 Å². The summed E-state index contributed by atoms with van der Waals surface area (Å²) < 4.78 is 6.10. The van der Waals surface area contributed by atoms with Crippen LogP contribution in [0.2, 0.25) is 0 Å². The van der Waals surface area contributed by atoms with Crippen LogP contribution in [-0.2, 0) is 19.1 Å². The fraction of sp³-hybridized carbons (Fsp3) is 0.906. The maximum atomic E-state index is 12.9. The quantitative estimate of drug-likeness (QED) is 0.0319. The lowest BCUT2D eigenvalue weighted by Gasteiger charge is -2.18. The van der Waals surface area contributed by atoms with Crippen LogP contribution < -0.4 is 11.1 Å². The van der Waals surface area contributed by atoms with Crippen LogP contribution in [-0.4, -0.2) is 41.6 Å². The number of hydrogen-bond donors (Lipinski definition) is 3. The molecule has 0 radical (unpaired) electrons. The molecule has 2 atom stereocenters. The maximum Gasteiger partial charge on any atom is 0.326 e. The van der Waals surface area contributed by atoms with Crippen molar-refractivity contribution in [3.05, 3.63) is 12.2 Å². The van der Waals surface area contributed by atoms with E-state index in [0.29, 0.717) is 32.2 Å². The Morgan fingerprint density at radius 3 is 1.20 bits per heavy atom. The Balaban J connectivity index is 4.24. The van der Waals surface area contributed by atoms with Crippen LogP contribution in [0.1, 0.15) is 290 Å². The van der Waals surface area contributed by atoms with Gasteiger partial charge >= 0.3 is 11.9 Å². The van der Waals surface area contributed by atoms with Crippen molar-refractivity contribution in [1.82, 2.24) is 5.32 Å². The minimum absolute atomic E-state index is 0.0147. The van der Waals surface area contributed by atoms with Gasteiger partial charge in [0.1, 0.15) is 12.1 Å². The maximum absolute atomic E-state index is 12.9. The van der Waals surface area contributed by atoms with Gasteiger partial charge in [0.25, 0.3) is 0 Å². The van der Waals surface area contributed by atoms with E-state index in [2.05, 4.69) is 31.3 Å². The minimum atomic E-state index is -1.000. The molecule has 4 N–H and O–H groups in total. The van der Waals surface area contributed by atoms with Crippen LogP contribution >= 0.6 is 0 Å². The van der Waals surface area contributed by atoms with Crippen molar-refractivity contribution in [2.45, 2.75) is 302 Å². The highest BCUT2D eigenvalue weighted by atomic mass is 16.5. The van der Waals surface area contributed by atoms with Gasteiger partial charge in [0.2, 0.25) is 5.91 Å². The standard InChI is InChI=1S/C53H102N2O5/c1-3-5-7-9-11-13-15-17-19-20-21-22-24-26-28-30-32-37-41-47-52(57)60-49(43-38-34-31-29-27-25-23-18-16-14-12-10-8-6-4-2)44-39-35-33-36-40-46-51(56)55-50(53(58)59)45-42-48-54/h17,19,49-50H,3-16,18,20-48,54H2,1-2H3,(H,55,56)(H,58,59)/b19-17-. The van der Waals surface area contributed by atoms with Crippen molar-refractivity contribution >= 4 is 17.8 Å². The first-order valence-electron chi connectivity index (χ1n) is 26.5. The second-order valence-corrected chi connectivity index (χ2v) is 18.3. The molecule has 1 amide bonds. The van der Waals surface area contributed by atoms with Gasteiger partial charge in [-0.2, -0.15) is 0 Å². The first-order valence-corrected chi connectivity index (χ1v) is 26.5. The van der Waals surface area contributed by atoms with Crippen LogP contribution in [0.15, 0.2) is 12.2 Å². The highest BCUT2D eigenvalue weighted by molar-refractivity contribution is 5.83. The minimum Gasteiger partial charge on any atom is -0.480 e. The van der Waals surface area contributed by atoms with Crippen molar-refractivity contribution in [1.29, 1.82) is 0 Å². The van der Waals surface area contributed by atoms with E-state index in [1.807, 2.05) is 0 Å². The number of nitrogens with one attached hydrogen (secondary N) is 1. The monoisotopic (exact) mass is 847 g/mol. The Bertz CT molecular complexity index is 956. The Labute approximate surface area is 372 Å². The summed E-state index contributed by atoms with van der Waals surface area (Å²) in [6.07, 6.45) is 55.6. The summed E-state index contributed by atoms with van der Waals surface area (Å²) in [6.45, 7) is 4.98. The Kier molecular flexibility index (Phi) is 46.6. The molecule has 0 heterocycles. The molecule has 0 saturated carbocycles. The summed E-state index contributed by atoms with van der Waals surface area (Å²) >= 11 is 0. The van der Waals surface area contributed by atoms with Crippen molar-refractivity contribution in [3.63, 3.8) is 0 Å². The third-order valence-corrected chi connectivity index (χ3v) is 12.3. The zero-order valence-corrected chi connectivity index (χ0v) is 40.1. The Morgan fingerprint density at radius 2 is 0.817 bits per heavy atom. The average molecular weight is 847 g/mol. The summed E-state index contributed by atoms with van der Waals surface area (Å²) in [7, 11) is 0. The lowest BCUT2D eigenvalue weighted by atomic mass is 10.0. The second-order valence-electron chi connectivity index (χ2n) is 18.3. The van der Waals surface area contributed by atoms with Gasteiger partial charge in [-0.1, -0.05) is 212 Å². The van der Waals surface area contributed by atoms with Crippen LogP contribution in [0.25, 0.3) is 0 Å². The number of rotatable bonds is 49. The van der Waals surface area contributed by atoms with Crippen molar-refractivity contribution < 1.29 is 24.2 Å². The molecule has 0 bridgehead atoms. The van der Waals surface area contributed by atoms with E-state index in [-0.39, 0.29) is 18.0 Å². The number of unbranched alkanes of at least 4 members (excludes halogenated alkanes) is 33. The number of aliphatic carboxylic acids is 1. The van der Waals surface area contributed by atoms with Gasteiger partial charge in [0.15, 0.2) is 0 Å². The molecule has 7 heteroatoms. The van der Waals surface area contributed by atoms with Gasteiger partial charge in [0, 0.05) is 12.8 Å². The largest absolute Gasteiger partial charge is 0.480 e. The fourth-order valence-corrected chi connectivity index (χ4v) is 8.33. The topological polar surface area (TPSA) is 119 Å². The van der Waals surface area contributed by atoms with Gasteiger partial charge in [0.05, 0.1) is 0 Å². The van der Waals surface area contributed by atoms with Gasteiger partial charge in [-0.25, -0.2) is 4.79 Å². The summed E-state index contributed by atoms with van der Waals surface area (Å²) in [5, 5.41) is 12.0. The highest BCUT2D eigenvalue weighted by Crippen LogP contribution is 2.20. The molecule has 60 heavy (non-hydrogen) atoms. The van der Waals surface area contributed by atoms with Crippen molar-refractivity contribution in [3.8, 4) is 0 Å². The first kappa shape index (κ1) is 58.1. The molecule has 354 valence electrons. The molecular weight excluding hydrogens is 745 g/mol. The average Bonchev–Trinajstić information content (AvgIpc) is 3.23. The zero-order valence-electron chi connectivity index (χ0n) is 40.1. The van der Waals surface area contributed by atoms with E-state index < -0.39 is 12.0 Å². The predicted molar refractivity (Wildman–Crippen MR) is 258 cm³/mol. The van der Waals surface area contributed by atoms with E-state index in [4.69, 9.17) is 10.5 Å². The molecule has 0 spiro atoms. The number of ether oxygens (including phenoxy) is 1. The summed E-state index contributed by atoms with van der Waals surface area (Å²) in [5.74, 6) is -1.21. The van der Waals surface area contributed by atoms with E-state index in [9.17, 15) is 19.5 Å². The first-order chi connectivity index (χ1) is 29.4. The third kappa shape index (κ3) is 44.2. The molecule has 0 aromatic rings. The highest BCUT2D eigenvalue weighted by Gasteiger charge is 2.19. The van der Waals surface area contributed by atoms with Gasteiger partial charge < -0.3 is 20.9 Å². The molecule has 0 aliphatic rings. The van der Waals surface area contributed by atoms with Crippen molar-refractivity contribution in [2.24, 2.45) is 5.73 Å². The number of carbonyl (C=O) groups excluding carboxylic acids is 2. The Hall–Kier alpha value is -1.89. The SMILES string of the molecule is CCCCCCCC/C=C\CCCCCCCCCCCC(=O)OC(CCCCCCCCCCCCCCCCC)CCCCCCCC(=O)NC(CCCN)C(=O)O. The zero-order chi connectivity index (χ0) is 43.8. The third-order valence-electron chi connectivity index (χ3n) is 12.3. The number of hydrogen-bond acceptors (Lipinski definition) is 5. The number of nitrogens with two attached hydrogens (primary N) is 1. The number of carbonyl (C=O) groups is 3. The van der Waals surface area contributed by atoms with E-state index in [1.54, 1.807) is 0 Å². The molecule has 0 aliphatic heterocycles. The lowest BCUT2D eigenvalue weighted by Crippen LogP contribution is -2.40. The van der Waals surface area contributed by atoms with Gasteiger partial charge in [-0.15, -0.1) is 0 Å². The number of allylic oxidation sites excluding steroid dienone is 2. The molecule has 0 rings (SSSR count). The lowest BCUT2D eigenvalue weighted by molar-refractivity contribution is -0.150. The Morgan fingerprint density at radius 1 is 0.467 bits per heavy atom. The summed E-state index contributed by atoms with van der Waals surface area (Å²) in [6, 6.07) is -0.854. The van der Waals surface area contributed by atoms with Gasteiger partial charge in [-0.05, 0) is 83.6 Å². The van der Waals surface area contributed by atoms with Crippen LogP contribution in [0.5, 0.6) is 0 Å². The molecule has 0 fully saturated rings. The number of carboxylic acids is 1. The molecule has 7 nitrogen and oxygen atoms in total. The normalized spacial score (nSPS) is 12.6. The second kappa shape index (κ2) is 48.1. The van der Waals surface area contributed by atoms with Gasteiger partial charge in [-0.3, -0.25) is 9.59 Å². The molecule has 2 unspecified atom stereocenters. The molecule has 0 saturated heterocycles. The van der Waals surface area contributed by atoms with Crippen molar-refractivity contribution in [2.75, 3.05) is 6.54 Å². The van der Waals surface area contributed by atoms with E-state index >= 15 is 0 Å². The summed E-state index contributed by atoms with van der Waals surface area (Å²) in [5.41, 5.74) is 5.50. The van der Waals surface area contributed by atoms with E-state index in [1.165, 1.54) is 186 Å². The smallest absolute Gasteiger partial charge is 0.326 e. The number of carboxylic acid groups (broad SMARTS) is 1. The molecule has 0 aliphatic carbocycles. The molecule has 0 aromatic heterocycles. The van der Waals surface area contributed by atoms with E-state index in [0.717, 1.165) is 64.2 Å². The predicted octanol–water partition coefficient (Wildman–Crippen LogP) is 15.8.